The van der Waals surface area contributed by atoms with Crippen molar-refractivity contribution < 1.29 is 18.0 Å². The normalized spacial score (nSPS) is 12.9. The molecule has 0 unspecified atom stereocenters. The molecule has 39 heavy (non-hydrogen) atoms. The molecule has 0 aromatic heterocycles. The fraction of sp³-hybridized carbons (Fsp3) is 0.355. The van der Waals surface area contributed by atoms with Gasteiger partial charge in [-0.25, -0.2) is 8.42 Å². The third kappa shape index (κ3) is 7.26. The second kappa shape index (κ2) is 12.9. The molecule has 0 aliphatic carbocycles. The van der Waals surface area contributed by atoms with Gasteiger partial charge in [-0.2, -0.15) is 0 Å². The second-order valence-corrected chi connectivity index (χ2v) is 11.9. The first-order valence-electron chi connectivity index (χ1n) is 13.2. The van der Waals surface area contributed by atoms with Crippen LogP contribution in [0.15, 0.2) is 77.7 Å². The van der Waals surface area contributed by atoms with Crippen LogP contribution in [0.1, 0.15) is 49.4 Å². The average Bonchev–Trinajstić information content (AvgIpc) is 2.92. The highest BCUT2D eigenvalue weighted by Crippen LogP contribution is 2.29. The van der Waals surface area contributed by atoms with Gasteiger partial charge in [0.15, 0.2) is 0 Å². The fourth-order valence-electron chi connectivity index (χ4n) is 4.29. The molecule has 0 heterocycles. The number of nitrogens with one attached hydrogen (secondary N) is 1. The van der Waals surface area contributed by atoms with Crippen LogP contribution in [0.3, 0.4) is 0 Å². The van der Waals surface area contributed by atoms with Crippen LogP contribution in [0, 0.1) is 20.8 Å². The van der Waals surface area contributed by atoms with Crippen LogP contribution in [0.25, 0.3) is 0 Å². The molecular formula is C31H39N3O4S. The van der Waals surface area contributed by atoms with Crippen LogP contribution in [-0.2, 0) is 26.2 Å². The van der Waals surface area contributed by atoms with Gasteiger partial charge in [0.2, 0.25) is 11.8 Å². The third-order valence-electron chi connectivity index (χ3n) is 7.06. The molecule has 0 bridgehead atoms. The summed E-state index contributed by atoms with van der Waals surface area (Å²) in [6.07, 6.45) is 0.750. The van der Waals surface area contributed by atoms with E-state index in [-0.39, 0.29) is 23.4 Å². The van der Waals surface area contributed by atoms with Crippen molar-refractivity contribution >= 4 is 27.5 Å². The van der Waals surface area contributed by atoms with Gasteiger partial charge in [0.05, 0.1) is 10.6 Å². The van der Waals surface area contributed by atoms with Gasteiger partial charge in [-0.1, -0.05) is 67.1 Å². The molecule has 3 aromatic carbocycles. The van der Waals surface area contributed by atoms with Crippen molar-refractivity contribution in [2.24, 2.45) is 0 Å². The Hall–Kier alpha value is -3.65. The summed E-state index contributed by atoms with van der Waals surface area (Å²) in [4.78, 5) is 28.7. The smallest absolute Gasteiger partial charge is 0.264 e. The number of rotatable bonds is 11. The zero-order valence-electron chi connectivity index (χ0n) is 23.6. The van der Waals surface area contributed by atoms with Gasteiger partial charge in [-0.15, -0.1) is 0 Å². The van der Waals surface area contributed by atoms with Crippen molar-refractivity contribution in [3.63, 3.8) is 0 Å². The monoisotopic (exact) mass is 549 g/mol. The molecule has 8 heteroatoms. The van der Waals surface area contributed by atoms with Crippen molar-refractivity contribution in [3.05, 3.63) is 95.1 Å². The maximum absolute atomic E-state index is 14.0. The molecule has 2 amide bonds. The van der Waals surface area contributed by atoms with Crippen molar-refractivity contribution in [3.8, 4) is 0 Å². The molecule has 0 saturated heterocycles. The molecule has 208 valence electrons. The standard InChI is InChI=1S/C31H39N3O4S/c1-7-24(4)32-31(36)26(6)33(20-27-15-11-13-22(2)19-27)30(35)21-34(29-18-12-14-23(3)25(29)5)39(37,38)28-16-9-8-10-17-28/h8-19,24,26H,7,20-21H2,1-6H3,(H,32,36)/t24-,26-/m0/s1. The first-order chi connectivity index (χ1) is 18.4. The van der Waals surface area contributed by atoms with E-state index in [1.807, 2.05) is 65.0 Å². The van der Waals surface area contributed by atoms with E-state index in [9.17, 15) is 18.0 Å². The summed E-state index contributed by atoms with van der Waals surface area (Å²) in [6, 6.07) is 20.3. The number of sulfonamides is 1. The molecule has 0 fully saturated rings. The Bertz CT molecular complexity index is 1410. The minimum atomic E-state index is -4.09. The molecule has 7 nitrogen and oxygen atoms in total. The van der Waals surface area contributed by atoms with Gasteiger partial charge in [0.25, 0.3) is 10.0 Å². The summed E-state index contributed by atoms with van der Waals surface area (Å²) >= 11 is 0. The largest absolute Gasteiger partial charge is 0.352 e. The van der Waals surface area contributed by atoms with Crippen LogP contribution < -0.4 is 9.62 Å². The number of benzene rings is 3. The van der Waals surface area contributed by atoms with E-state index in [2.05, 4.69) is 5.32 Å². The van der Waals surface area contributed by atoms with Crippen LogP contribution in [0.4, 0.5) is 5.69 Å². The summed E-state index contributed by atoms with van der Waals surface area (Å²) in [7, 11) is -4.09. The number of hydrogen-bond donors (Lipinski definition) is 1. The van der Waals surface area contributed by atoms with Gasteiger partial charge in [-0.05, 0) is 75.9 Å². The van der Waals surface area contributed by atoms with E-state index >= 15 is 0 Å². The lowest BCUT2D eigenvalue weighted by Crippen LogP contribution is -2.52. The van der Waals surface area contributed by atoms with Gasteiger partial charge in [-0.3, -0.25) is 13.9 Å². The molecule has 3 aromatic rings. The van der Waals surface area contributed by atoms with E-state index in [0.29, 0.717) is 5.69 Å². The summed E-state index contributed by atoms with van der Waals surface area (Å²) in [6.45, 7) is 11.0. The maximum Gasteiger partial charge on any atom is 0.264 e. The summed E-state index contributed by atoms with van der Waals surface area (Å²) < 4.78 is 29.0. The van der Waals surface area contributed by atoms with Crippen molar-refractivity contribution in [1.29, 1.82) is 0 Å². The molecular weight excluding hydrogens is 510 g/mol. The highest BCUT2D eigenvalue weighted by atomic mass is 32.2. The van der Waals surface area contributed by atoms with Crippen molar-refractivity contribution in [1.82, 2.24) is 10.2 Å². The molecule has 2 atom stereocenters. The van der Waals surface area contributed by atoms with E-state index in [1.54, 1.807) is 37.3 Å². The minimum absolute atomic E-state index is 0.0548. The van der Waals surface area contributed by atoms with E-state index in [4.69, 9.17) is 0 Å². The van der Waals surface area contributed by atoms with Crippen molar-refractivity contribution in [2.75, 3.05) is 10.8 Å². The summed E-state index contributed by atoms with van der Waals surface area (Å²) in [5.74, 6) is -0.752. The van der Waals surface area contributed by atoms with Gasteiger partial charge in [0, 0.05) is 12.6 Å². The summed E-state index contributed by atoms with van der Waals surface area (Å²) in [5, 5.41) is 2.95. The minimum Gasteiger partial charge on any atom is -0.352 e. The number of carbonyl (C=O) groups is 2. The fourth-order valence-corrected chi connectivity index (χ4v) is 5.79. The Balaban J connectivity index is 2.06. The first-order valence-corrected chi connectivity index (χ1v) is 14.7. The molecule has 1 N–H and O–H groups in total. The van der Waals surface area contributed by atoms with E-state index < -0.39 is 28.5 Å². The van der Waals surface area contributed by atoms with Crippen LogP contribution in [0.5, 0.6) is 0 Å². The lowest BCUT2D eigenvalue weighted by Gasteiger charge is -2.33. The number of amides is 2. The Morgan fingerprint density at radius 2 is 1.56 bits per heavy atom. The Labute approximate surface area is 232 Å². The lowest BCUT2D eigenvalue weighted by atomic mass is 10.1. The Morgan fingerprint density at radius 3 is 2.21 bits per heavy atom. The molecule has 3 rings (SSSR count). The van der Waals surface area contributed by atoms with E-state index in [1.165, 1.54) is 17.0 Å². The predicted octanol–water partition coefficient (Wildman–Crippen LogP) is 5.14. The topological polar surface area (TPSA) is 86.8 Å². The number of anilines is 1. The SMILES string of the molecule is CC[C@H](C)NC(=O)[C@H](C)N(Cc1cccc(C)c1)C(=O)CN(c1cccc(C)c1C)S(=O)(=O)c1ccccc1. The number of aryl methyl sites for hydroxylation is 2. The first kappa shape index (κ1) is 29.9. The Kier molecular flexibility index (Phi) is 9.92. The maximum atomic E-state index is 14.0. The summed E-state index contributed by atoms with van der Waals surface area (Å²) in [5.41, 5.74) is 3.99. The second-order valence-electron chi connectivity index (χ2n) is 10.0. The lowest BCUT2D eigenvalue weighted by molar-refractivity contribution is -0.139. The Morgan fingerprint density at radius 1 is 0.897 bits per heavy atom. The van der Waals surface area contributed by atoms with Gasteiger partial charge < -0.3 is 10.2 Å². The number of hydrogen-bond acceptors (Lipinski definition) is 4. The molecule has 0 spiro atoms. The van der Waals surface area contributed by atoms with Crippen LogP contribution >= 0.6 is 0 Å². The van der Waals surface area contributed by atoms with Crippen LogP contribution in [-0.4, -0.2) is 43.8 Å². The zero-order valence-corrected chi connectivity index (χ0v) is 24.5. The predicted molar refractivity (Wildman–Crippen MR) is 156 cm³/mol. The van der Waals surface area contributed by atoms with Gasteiger partial charge in [0.1, 0.15) is 12.6 Å². The highest BCUT2D eigenvalue weighted by Gasteiger charge is 2.33. The number of carbonyl (C=O) groups excluding carboxylic acids is 2. The molecule has 0 aliphatic rings. The molecule has 0 aliphatic heterocycles. The average molecular weight is 550 g/mol. The van der Waals surface area contributed by atoms with Crippen LogP contribution in [0.2, 0.25) is 0 Å². The van der Waals surface area contributed by atoms with Gasteiger partial charge >= 0.3 is 0 Å². The highest BCUT2D eigenvalue weighted by molar-refractivity contribution is 7.92. The van der Waals surface area contributed by atoms with Crippen molar-refractivity contribution in [2.45, 2.75) is 71.5 Å². The third-order valence-corrected chi connectivity index (χ3v) is 8.83. The molecule has 0 saturated carbocycles. The quantitative estimate of drug-likeness (QED) is 0.359. The molecule has 0 radical (unpaired) electrons. The zero-order chi connectivity index (χ0) is 28.7. The number of nitrogens with zero attached hydrogens (tertiary/aromatic N) is 2. The van der Waals surface area contributed by atoms with E-state index in [0.717, 1.165) is 33.0 Å².